The van der Waals surface area contributed by atoms with Gasteiger partial charge in [-0.25, -0.2) is 14.8 Å². The predicted octanol–water partition coefficient (Wildman–Crippen LogP) is 3.97. The molecular weight excluding hydrogens is 432 g/mol. The zero-order chi connectivity index (χ0) is 23.5. The molecule has 2 aliphatic heterocycles. The number of ether oxygens (including phenoxy) is 4. The summed E-state index contributed by atoms with van der Waals surface area (Å²) in [6.45, 7) is 11.4. The number of nitrogens with zero attached hydrogens (tertiary/aromatic N) is 4. The average molecular weight is 465 g/mol. The van der Waals surface area contributed by atoms with E-state index < -0.39 is 29.3 Å². The summed E-state index contributed by atoms with van der Waals surface area (Å²) >= 11 is 1.71. The van der Waals surface area contributed by atoms with E-state index in [1.807, 2.05) is 57.7 Å². The second-order valence-corrected chi connectivity index (χ2v) is 10.8. The summed E-state index contributed by atoms with van der Waals surface area (Å²) in [7, 11) is 1.64. The Morgan fingerprint density at radius 3 is 2.69 bits per heavy atom. The van der Waals surface area contributed by atoms with Gasteiger partial charge in [0.25, 0.3) is 0 Å². The standard InChI is InChI=1S/C22H32N4O5S/c1-20(2,3)30-19(27)25(7)16-13-9-10-26(17(13)24-12-23-16)18-15-22(6,14(28-18)11-32-8)31-21(4,5)29-15/h9-10,12,14-15,18H,11H2,1-8H3/t14-,15+,18-,22-/m1/s1. The van der Waals surface area contributed by atoms with Crippen LogP contribution in [0.4, 0.5) is 10.6 Å². The van der Waals surface area contributed by atoms with E-state index in [0.29, 0.717) is 11.5 Å². The zero-order valence-electron chi connectivity index (χ0n) is 19.9. The Balaban J connectivity index is 1.71. The van der Waals surface area contributed by atoms with E-state index in [-0.39, 0.29) is 12.2 Å². The van der Waals surface area contributed by atoms with Crippen LogP contribution in [-0.2, 0) is 18.9 Å². The second-order valence-electron chi connectivity index (χ2n) is 9.89. The highest BCUT2D eigenvalue weighted by Crippen LogP contribution is 2.51. The lowest BCUT2D eigenvalue weighted by atomic mass is 9.95. The third-order valence-electron chi connectivity index (χ3n) is 5.71. The average Bonchev–Trinajstić information content (AvgIpc) is 3.28. The maximum Gasteiger partial charge on any atom is 0.415 e. The third kappa shape index (κ3) is 3.98. The molecule has 0 saturated carbocycles. The van der Waals surface area contributed by atoms with Crippen LogP contribution >= 0.6 is 11.8 Å². The number of rotatable bonds is 4. The third-order valence-corrected chi connectivity index (χ3v) is 6.34. The number of thioether (sulfide) groups is 1. The summed E-state index contributed by atoms with van der Waals surface area (Å²) in [5.41, 5.74) is -0.544. The summed E-state index contributed by atoms with van der Waals surface area (Å²) in [6, 6.07) is 1.88. The molecule has 0 spiro atoms. The minimum Gasteiger partial charge on any atom is -0.443 e. The first-order valence-corrected chi connectivity index (χ1v) is 12.1. The number of carbonyl (C=O) groups excluding carboxylic acids is 1. The van der Waals surface area contributed by atoms with Gasteiger partial charge in [-0.2, -0.15) is 11.8 Å². The molecule has 9 nitrogen and oxygen atoms in total. The first kappa shape index (κ1) is 23.3. The monoisotopic (exact) mass is 464 g/mol. The maximum absolute atomic E-state index is 12.6. The molecule has 4 rings (SSSR count). The minimum absolute atomic E-state index is 0.141. The van der Waals surface area contributed by atoms with Gasteiger partial charge < -0.3 is 23.5 Å². The van der Waals surface area contributed by atoms with E-state index in [1.54, 1.807) is 18.8 Å². The second kappa shape index (κ2) is 7.86. The fourth-order valence-electron chi connectivity index (χ4n) is 4.41. The van der Waals surface area contributed by atoms with E-state index in [2.05, 4.69) is 16.9 Å². The minimum atomic E-state index is -0.710. The molecule has 2 aliphatic rings. The summed E-state index contributed by atoms with van der Waals surface area (Å²) in [4.78, 5) is 22.9. The highest BCUT2D eigenvalue weighted by molar-refractivity contribution is 7.98. The summed E-state index contributed by atoms with van der Waals surface area (Å²) < 4.78 is 26.5. The van der Waals surface area contributed by atoms with Crippen LogP contribution < -0.4 is 4.90 Å². The number of aromatic nitrogens is 3. The number of carbonyl (C=O) groups is 1. The van der Waals surface area contributed by atoms with Gasteiger partial charge in [0.1, 0.15) is 35.4 Å². The predicted molar refractivity (Wildman–Crippen MR) is 123 cm³/mol. The maximum atomic E-state index is 12.6. The Hall–Kier alpha value is -1.88. The molecule has 10 heteroatoms. The summed E-state index contributed by atoms with van der Waals surface area (Å²) in [5, 5.41) is 0.720. The van der Waals surface area contributed by atoms with Crippen molar-refractivity contribution in [1.82, 2.24) is 14.5 Å². The van der Waals surface area contributed by atoms with Crippen molar-refractivity contribution in [3.8, 4) is 0 Å². The van der Waals surface area contributed by atoms with E-state index in [1.165, 1.54) is 11.2 Å². The molecular formula is C22H32N4O5S. The van der Waals surface area contributed by atoms with E-state index in [9.17, 15) is 4.79 Å². The van der Waals surface area contributed by atoms with Crippen molar-refractivity contribution in [1.29, 1.82) is 0 Å². The first-order valence-electron chi connectivity index (χ1n) is 10.7. The molecule has 2 saturated heterocycles. The summed E-state index contributed by atoms with van der Waals surface area (Å²) in [6.07, 6.45) is 4.03. The molecule has 0 radical (unpaired) electrons. The lowest BCUT2D eigenvalue weighted by molar-refractivity contribution is -0.207. The molecule has 2 aromatic heterocycles. The molecule has 4 atom stereocenters. The van der Waals surface area contributed by atoms with Crippen molar-refractivity contribution in [2.24, 2.45) is 0 Å². The van der Waals surface area contributed by atoms with Crippen molar-refractivity contribution < 1.29 is 23.7 Å². The molecule has 2 fully saturated rings. The highest BCUT2D eigenvalue weighted by Gasteiger charge is 2.63. The largest absolute Gasteiger partial charge is 0.443 e. The number of hydrogen-bond donors (Lipinski definition) is 0. The highest BCUT2D eigenvalue weighted by atomic mass is 32.2. The first-order chi connectivity index (χ1) is 14.9. The quantitative estimate of drug-likeness (QED) is 0.672. The molecule has 0 unspecified atom stereocenters. The van der Waals surface area contributed by atoms with Gasteiger partial charge in [-0.1, -0.05) is 0 Å². The molecule has 4 heterocycles. The molecule has 1 amide bonds. The Bertz CT molecular complexity index is 1020. The smallest absolute Gasteiger partial charge is 0.415 e. The Morgan fingerprint density at radius 2 is 2.03 bits per heavy atom. The van der Waals surface area contributed by atoms with Gasteiger partial charge in [-0.15, -0.1) is 0 Å². The molecule has 176 valence electrons. The van der Waals surface area contributed by atoms with E-state index >= 15 is 0 Å². The fourth-order valence-corrected chi connectivity index (χ4v) is 5.13. The zero-order valence-corrected chi connectivity index (χ0v) is 20.7. The van der Waals surface area contributed by atoms with Crippen LogP contribution in [-0.4, -0.2) is 68.9 Å². The van der Waals surface area contributed by atoms with Crippen molar-refractivity contribution >= 4 is 34.7 Å². The van der Waals surface area contributed by atoms with Crippen molar-refractivity contribution in [2.75, 3.05) is 24.0 Å². The van der Waals surface area contributed by atoms with Gasteiger partial charge >= 0.3 is 6.09 Å². The van der Waals surface area contributed by atoms with Crippen LogP contribution in [0.5, 0.6) is 0 Å². The lowest BCUT2D eigenvalue weighted by Crippen LogP contribution is -2.44. The van der Waals surface area contributed by atoms with Gasteiger partial charge in [0.2, 0.25) is 0 Å². The van der Waals surface area contributed by atoms with Gasteiger partial charge in [0.15, 0.2) is 17.8 Å². The van der Waals surface area contributed by atoms with Crippen molar-refractivity contribution in [3.63, 3.8) is 0 Å². The van der Waals surface area contributed by atoms with Crippen molar-refractivity contribution in [3.05, 3.63) is 18.6 Å². The lowest BCUT2D eigenvalue weighted by Gasteiger charge is -2.28. The van der Waals surface area contributed by atoms with Crippen molar-refractivity contribution in [2.45, 2.75) is 77.0 Å². The topological polar surface area (TPSA) is 87.9 Å². The Kier molecular flexibility index (Phi) is 5.72. The van der Waals surface area contributed by atoms with E-state index in [0.717, 1.165) is 11.1 Å². The molecule has 0 N–H and O–H groups in total. The number of hydrogen-bond acceptors (Lipinski definition) is 8. The fraction of sp³-hybridized carbons (Fsp3) is 0.682. The van der Waals surface area contributed by atoms with E-state index in [4.69, 9.17) is 18.9 Å². The molecule has 0 aromatic carbocycles. The molecule has 32 heavy (non-hydrogen) atoms. The van der Waals surface area contributed by atoms with Gasteiger partial charge in [-0.05, 0) is 53.9 Å². The van der Waals surface area contributed by atoms with Gasteiger partial charge in [0.05, 0.1) is 5.39 Å². The summed E-state index contributed by atoms with van der Waals surface area (Å²) in [5.74, 6) is 0.537. The van der Waals surface area contributed by atoms with Crippen LogP contribution in [0.1, 0.15) is 47.8 Å². The Morgan fingerprint density at radius 1 is 1.31 bits per heavy atom. The SMILES string of the molecule is CSC[C@H]1O[C@@H](n2ccc3c(N(C)C(=O)OC(C)(C)C)ncnc32)[C@@H]2OC(C)(C)O[C@]12C. The van der Waals surface area contributed by atoms with Gasteiger partial charge in [0, 0.05) is 19.0 Å². The number of fused-ring (bicyclic) bond motifs is 2. The normalized spacial score (nSPS) is 29.3. The van der Waals surface area contributed by atoms with Gasteiger partial charge in [-0.3, -0.25) is 4.90 Å². The number of anilines is 1. The Labute approximate surface area is 192 Å². The van der Waals surface area contributed by atoms with Crippen LogP contribution in [0.15, 0.2) is 18.6 Å². The van der Waals surface area contributed by atoms with Crippen LogP contribution in [0.3, 0.4) is 0 Å². The molecule has 0 bridgehead atoms. The molecule has 0 aliphatic carbocycles. The number of amides is 1. The van der Waals surface area contributed by atoms with Crippen LogP contribution in [0, 0.1) is 0 Å². The van der Waals surface area contributed by atoms with Crippen LogP contribution in [0.25, 0.3) is 11.0 Å². The van der Waals surface area contributed by atoms with Crippen LogP contribution in [0.2, 0.25) is 0 Å². The molecule has 2 aromatic rings.